The molecule has 144 valence electrons. The molecule has 9 heteroatoms. The molecule has 1 N–H and O–H groups in total. The second kappa shape index (κ2) is 8.41. The number of nitrogens with one attached hydrogen (secondary N) is 1. The number of carbonyl (C=O) groups excluding carboxylic acids is 2. The molecule has 0 bridgehead atoms. The maximum absolute atomic E-state index is 12.6. The second-order valence-corrected chi connectivity index (χ2v) is 8.07. The average Bonchev–Trinajstić information content (AvgIpc) is 2.61. The first kappa shape index (κ1) is 20.7. The smallest absolute Gasteiger partial charge is 0.337 e. The quantitative estimate of drug-likeness (QED) is 0.739. The molecule has 0 saturated heterocycles. The third kappa shape index (κ3) is 5.21. The Kier molecular flexibility index (Phi) is 6.45. The lowest BCUT2D eigenvalue weighted by atomic mass is 10.2. The van der Waals surface area contributed by atoms with Crippen LogP contribution in [0.5, 0.6) is 0 Å². The summed E-state index contributed by atoms with van der Waals surface area (Å²) >= 11 is 5.85. The van der Waals surface area contributed by atoms with Crippen molar-refractivity contribution in [3.63, 3.8) is 0 Å². The maximum atomic E-state index is 12.6. The number of ether oxygens (including phenoxy) is 1. The number of benzene rings is 2. The third-order valence-corrected chi connectivity index (χ3v) is 5.21. The summed E-state index contributed by atoms with van der Waals surface area (Å²) in [6.45, 7) is 1.47. The van der Waals surface area contributed by atoms with Gasteiger partial charge in [0.25, 0.3) is 0 Å². The summed E-state index contributed by atoms with van der Waals surface area (Å²) in [5.74, 6) is -1.10. The van der Waals surface area contributed by atoms with Gasteiger partial charge in [0.15, 0.2) is 0 Å². The molecule has 2 aromatic rings. The highest BCUT2D eigenvalue weighted by molar-refractivity contribution is 7.92. The lowest BCUT2D eigenvalue weighted by Crippen LogP contribution is -2.45. The normalized spacial score (nSPS) is 12.1. The number of halogens is 1. The second-order valence-electron chi connectivity index (χ2n) is 5.77. The number of amides is 1. The van der Waals surface area contributed by atoms with Gasteiger partial charge in [-0.2, -0.15) is 0 Å². The molecule has 27 heavy (non-hydrogen) atoms. The van der Waals surface area contributed by atoms with Crippen molar-refractivity contribution in [2.75, 3.05) is 23.0 Å². The van der Waals surface area contributed by atoms with E-state index in [1.807, 2.05) is 0 Å². The van der Waals surface area contributed by atoms with Gasteiger partial charge in [-0.15, -0.1) is 0 Å². The minimum Gasteiger partial charge on any atom is -0.465 e. The summed E-state index contributed by atoms with van der Waals surface area (Å²) in [6, 6.07) is 11.2. The summed E-state index contributed by atoms with van der Waals surface area (Å²) in [5, 5.41) is 3.06. The highest BCUT2D eigenvalue weighted by Gasteiger charge is 2.29. The molecule has 0 fully saturated rings. The van der Waals surface area contributed by atoms with E-state index >= 15 is 0 Å². The third-order valence-electron chi connectivity index (χ3n) is 3.72. The van der Waals surface area contributed by atoms with Crippen LogP contribution >= 0.6 is 11.6 Å². The molecular weight excluding hydrogens is 392 g/mol. The summed E-state index contributed by atoms with van der Waals surface area (Å²) in [5.41, 5.74) is 0.924. The van der Waals surface area contributed by atoms with Gasteiger partial charge in [0.05, 0.1) is 24.6 Å². The van der Waals surface area contributed by atoms with Gasteiger partial charge < -0.3 is 10.1 Å². The van der Waals surface area contributed by atoms with Crippen LogP contribution in [0.15, 0.2) is 48.5 Å². The molecule has 0 saturated carbocycles. The highest BCUT2D eigenvalue weighted by Crippen LogP contribution is 2.23. The van der Waals surface area contributed by atoms with Gasteiger partial charge in [-0.25, -0.2) is 13.2 Å². The summed E-state index contributed by atoms with van der Waals surface area (Å²) in [4.78, 5) is 24.2. The van der Waals surface area contributed by atoms with Crippen LogP contribution in [0.25, 0.3) is 0 Å². The van der Waals surface area contributed by atoms with Crippen LogP contribution in [0.1, 0.15) is 17.3 Å². The molecule has 0 spiro atoms. The number of anilines is 2. The van der Waals surface area contributed by atoms with Crippen molar-refractivity contribution in [3.8, 4) is 0 Å². The predicted molar refractivity (Wildman–Crippen MR) is 105 cm³/mol. The van der Waals surface area contributed by atoms with Crippen molar-refractivity contribution in [2.45, 2.75) is 13.0 Å². The van der Waals surface area contributed by atoms with Crippen molar-refractivity contribution in [1.29, 1.82) is 0 Å². The Morgan fingerprint density at radius 1 is 1.15 bits per heavy atom. The van der Waals surface area contributed by atoms with E-state index in [1.54, 1.807) is 30.3 Å². The number of esters is 1. The van der Waals surface area contributed by atoms with Crippen LogP contribution < -0.4 is 9.62 Å². The molecule has 2 rings (SSSR count). The molecule has 0 aromatic heterocycles. The van der Waals surface area contributed by atoms with Crippen LogP contribution in [0.2, 0.25) is 5.02 Å². The minimum absolute atomic E-state index is 0.264. The van der Waals surface area contributed by atoms with Crippen LogP contribution in [0.3, 0.4) is 0 Å². The molecule has 0 aliphatic carbocycles. The Morgan fingerprint density at radius 2 is 1.78 bits per heavy atom. The van der Waals surface area contributed by atoms with Crippen LogP contribution in [0.4, 0.5) is 11.4 Å². The fraction of sp³-hybridized carbons (Fsp3) is 0.222. The van der Waals surface area contributed by atoms with E-state index in [0.29, 0.717) is 16.4 Å². The predicted octanol–water partition coefficient (Wildman–Crippen LogP) is 2.92. The zero-order valence-electron chi connectivity index (χ0n) is 15.0. The van der Waals surface area contributed by atoms with E-state index in [9.17, 15) is 18.0 Å². The standard InChI is InChI=1S/C18H19ClN2O5S/c1-12(21(27(3,24)25)16-9-7-14(19)8-10-16)17(22)20-15-6-4-5-13(11-15)18(23)26-2/h4-12H,1-3H3,(H,20,22)/t12-/m1/s1. The number of carbonyl (C=O) groups is 2. The fourth-order valence-corrected chi connectivity index (χ4v) is 3.79. The molecule has 7 nitrogen and oxygen atoms in total. The van der Waals surface area contributed by atoms with Gasteiger partial charge in [-0.3, -0.25) is 9.10 Å². The fourth-order valence-electron chi connectivity index (χ4n) is 2.49. The molecule has 2 aromatic carbocycles. The van der Waals surface area contributed by atoms with Gasteiger partial charge in [0.1, 0.15) is 6.04 Å². The minimum atomic E-state index is -3.74. The number of sulfonamides is 1. The van der Waals surface area contributed by atoms with Crippen molar-refractivity contribution < 1.29 is 22.7 Å². The topological polar surface area (TPSA) is 92.8 Å². The Bertz CT molecular complexity index is 944. The lowest BCUT2D eigenvalue weighted by Gasteiger charge is -2.28. The lowest BCUT2D eigenvalue weighted by molar-refractivity contribution is -0.116. The molecular formula is C18H19ClN2O5S. The first-order chi connectivity index (χ1) is 12.6. The largest absolute Gasteiger partial charge is 0.465 e. The zero-order chi connectivity index (χ0) is 20.2. The van der Waals surface area contributed by atoms with Crippen molar-refractivity contribution >= 4 is 44.9 Å². The Morgan fingerprint density at radius 3 is 2.33 bits per heavy atom. The highest BCUT2D eigenvalue weighted by atomic mass is 35.5. The molecule has 0 unspecified atom stereocenters. The summed E-state index contributed by atoms with van der Waals surface area (Å²) in [6.07, 6.45) is 1.02. The van der Waals surface area contributed by atoms with Gasteiger partial charge in [0.2, 0.25) is 15.9 Å². The average molecular weight is 411 g/mol. The first-order valence-electron chi connectivity index (χ1n) is 7.87. The first-order valence-corrected chi connectivity index (χ1v) is 10.1. The molecule has 1 amide bonds. The van der Waals surface area contributed by atoms with Crippen LogP contribution in [-0.4, -0.2) is 39.7 Å². The van der Waals surface area contributed by atoms with Crippen LogP contribution in [0, 0.1) is 0 Å². The van der Waals surface area contributed by atoms with Gasteiger partial charge in [0, 0.05) is 10.7 Å². The van der Waals surface area contributed by atoms with Crippen molar-refractivity contribution in [2.24, 2.45) is 0 Å². The monoisotopic (exact) mass is 410 g/mol. The van der Waals surface area contributed by atoms with Crippen molar-refractivity contribution in [1.82, 2.24) is 0 Å². The SMILES string of the molecule is COC(=O)c1cccc(NC(=O)[C@@H](C)N(c2ccc(Cl)cc2)S(C)(=O)=O)c1. The van der Waals surface area contributed by atoms with E-state index in [-0.39, 0.29) is 5.56 Å². The number of hydrogen-bond donors (Lipinski definition) is 1. The number of nitrogens with zero attached hydrogens (tertiary/aromatic N) is 1. The Labute approximate surface area is 162 Å². The number of methoxy groups -OCH3 is 1. The summed E-state index contributed by atoms with van der Waals surface area (Å²) in [7, 11) is -2.48. The van der Waals surface area contributed by atoms with Crippen molar-refractivity contribution in [3.05, 3.63) is 59.1 Å². The Hall–Kier alpha value is -2.58. The number of hydrogen-bond acceptors (Lipinski definition) is 5. The Balaban J connectivity index is 2.28. The van der Waals surface area contributed by atoms with E-state index < -0.39 is 27.9 Å². The zero-order valence-corrected chi connectivity index (χ0v) is 16.5. The molecule has 0 aliphatic rings. The molecule has 0 aliphatic heterocycles. The van der Waals surface area contributed by atoms with E-state index in [2.05, 4.69) is 10.1 Å². The summed E-state index contributed by atoms with van der Waals surface area (Å²) < 4.78 is 30.1. The van der Waals surface area contributed by atoms with E-state index in [1.165, 1.54) is 32.2 Å². The molecule has 1 atom stereocenters. The maximum Gasteiger partial charge on any atom is 0.337 e. The van der Waals surface area contributed by atoms with E-state index in [4.69, 9.17) is 11.6 Å². The molecule has 0 radical (unpaired) electrons. The van der Waals surface area contributed by atoms with Gasteiger partial charge in [-0.05, 0) is 49.4 Å². The van der Waals surface area contributed by atoms with E-state index in [0.717, 1.165) is 10.6 Å². The van der Waals surface area contributed by atoms with Gasteiger partial charge >= 0.3 is 5.97 Å². The van der Waals surface area contributed by atoms with Crippen LogP contribution in [-0.2, 0) is 19.6 Å². The number of rotatable bonds is 6. The van der Waals surface area contributed by atoms with Gasteiger partial charge in [-0.1, -0.05) is 17.7 Å². The molecule has 0 heterocycles.